The van der Waals surface area contributed by atoms with E-state index in [4.69, 9.17) is 9.84 Å². The SMILES string of the molecule is CCCNC(C)(CCOCC)C(=O)O. The van der Waals surface area contributed by atoms with Crippen LogP contribution in [-0.2, 0) is 9.53 Å². The second-order valence-corrected chi connectivity index (χ2v) is 3.51. The van der Waals surface area contributed by atoms with Crippen LogP contribution in [0.4, 0.5) is 0 Å². The first-order chi connectivity index (χ1) is 6.56. The predicted molar refractivity (Wildman–Crippen MR) is 55.4 cm³/mol. The molecule has 1 unspecified atom stereocenters. The van der Waals surface area contributed by atoms with Crippen molar-refractivity contribution >= 4 is 5.97 Å². The Morgan fingerprint density at radius 1 is 1.50 bits per heavy atom. The lowest BCUT2D eigenvalue weighted by Gasteiger charge is -2.25. The highest BCUT2D eigenvalue weighted by atomic mass is 16.5. The summed E-state index contributed by atoms with van der Waals surface area (Å²) >= 11 is 0. The Balaban J connectivity index is 4.03. The lowest BCUT2D eigenvalue weighted by molar-refractivity contribution is -0.145. The highest BCUT2D eigenvalue weighted by Crippen LogP contribution is 2.10. The van der Waals surface area contributed by atoms with E-state index in [0.29, 0.717) is 19.6 Å². The van der Waals surface area contributed by atoms with E-state index in [1.54, 1.807) is 6.92 Å². The van der Waals surface area contributed by atoms with Gasteiger partial charge in [-0.05, 0) is 33.2 Å². The summed E-state index contributed by atoms with van der Waals surface area (Å²) in [6.45, 7) is 7.44. The Hall–Kier alpha value is -0.610. The number of nitrogens with one attached hydrogen (secondary N) is 1. The van der Waals surface area contributed by atoms with Gasteiger partial charge in [-0.3, -0.25) is 4.79 Å². The van der Waals surface area contributed by atoms with Gasteiger partial charge in [-0.15, -0.1) is 0 Å². The standard InChI is InChI=1S/C10H21NO3/c1-4-7-11-10(3,9(12)13)6-8-14-5-2/h11H,4-8H2,1-3H3,(H,12,13). The van der Waals surface area contributed by atoms with Crippen LogP contribution in [0.3, 0.4) is 0 Å². The first-order valence-corrected chi connectivity index (χ1v) is 5.13. The molecule has 0 aromatic heterocycles. The molecular weight excluding hydrogens is 182 g/mol. The van der Waals surface area contributed by atoms with Gasteiger partial charge in [0.05, 0.1) is 0 Å². The fourth-order valence-corrected chi connectivity index (χ4v) is 1.09. The Morgan fingerprint density at radius 3 is 2.57 bits per heavy atom. The average Bonchev–Trinajstić information content (AvgIpc) is 2.15. The number of ether oxygens (including phenoxy) is 1. The van der Waals surface area contributed by atoms with Crippen molar-refractivity contribution in [3.8, 4) is 0 Å². The number of aliphatic carboxylic acids is 1. The third kappa shape index (κ3) is 4.58. The van der Waals surface area contributed by atoms with Crippen LogP contribution in [0, 0.1) is 0 Å². The number of hydrogen-bond donors (Lipinski definition) is 2. The van der Waals surface area contributed by atoms with E-state index in [2.05, 4.69) is 5.32 Å². The zero-order valence-electron chi connectivity index (χ0n) is 9.30. The van der Waals surface area contributed by atoms with Crippen molar-refractivity contribution in [2.24, 2.45) is 0 Å². The van der Waals surface area contributed by atoms with Crippen molar-refractivity contribution < 1.29 is 14.6 Å². The van der Waals surface area contributed by atoms with E-state index >= 15 is 0 Å². The van der Waals surface area contributed by atoms with Crippen molar-refractivity contribution in [2.45, 2.75) is 39.2 Å². The van der Waals surface area contributed by atoms with Gasteiger partial charge in [-0.1, -0.05) is 6.92 Å². The number of carboxylic acids is 1. The maximum absolute atomic E-state index is 11.0. The summed E-state index contributed by atoms with van der Waals surface area (Å²) in [7, 11) is 0. The van der Waals surface area contributed by atoms with Crippen LogP contribution in [-0.4, -0.2) is 36.4 Å². The summed E-state index contributed by atoms with van der Waals surface area (Å²) in [6, 6.07) is 0. The molecule has 0 spiro atoms. The molecule has 14 heavy (non-hydrogen) atoms. The molecule has 0 aliphatic carbocycles. The van der Waals surface area contributed by atoms with Crippen molar-refractivity contribution in [1.29, 1.82) is 0 Å². The van der Waals surface area contributed by atoms with Crippen molar-refractivity contribution in [1.82, 2.24) is 5.32 Å². The molecule has 0 aromatic carbocycles. The second kappa shape index (κ2) is 6.79. The smallest absolute Gasteiger partial charge is 0.323 e. The van der Waals surface area contributed by atoms with Crippen molar-refractivity contribution in [3.05, 3.63) is 0 Å². The van der Waals surface area contributed by atoms with E-state index < -0.39 is 11.5 Å². The topological polar surface area (TPSA) is 58.6 Å². The molecule has 0 bridgehead atoms. The summed E-state index contributed by atoms with van der Waals surface area (Å²) in [5.74, 6) is -0.814. The zero-order valence-corrected chi connectivity index (χ0v) is 9.30. The van der Waals surface area contributed by atoms with Gasteiger partial charge in [0.25, 0.3) is 0 Å². The summed E-state index contributed by atoms with van der Waals surface area (Å²) in [5.41, 5.74) is -0.856. The van der Waals surface area contributed by atoms with Crippen LogP contribution in [0.5, 0.6) is 0 Å². The Kier molecular flexibility index (Phi) is 6.49. The monoisotopic (exact) mass is 203 g/mol. The van der Waals surface area contributed by atoms with Crippen LogP contribution >= 0.6 is 0 Å². The van der Waals surface area contributed by atoms with Crippen molar-refractivity contribution in [2.75, 3.05) is 19.8 Å². The molecule has 0 saturated carbocycles. The van der Waals surface area contributed by atoms with Gasteiger partial charge in [0.15, 0.2) is 0 Å². The van der Waals surface area contributed by atoms with Gasteiger partial charge in [-0.2, -0.15) is 0 Å². The van der Waals surface area contributed by atoms with E-state index in [0.717, 1.165) is 13.0 Å². The Bertz CT molecular complexity index is 173. The Morgan fingerprint density at radius 2 is 2.14 bits per heavy atom. The van der Waals surface area contributed by atoms with Crippen LogP contribution in [0.2, 0.25) is 0 Å². The molecule has 2 N–H and O–H groups in total. The van der Waals surface area contributed by atoms with E-state index in [9.17, 15) is 4.79 Å². The third-order valence-corrected chi connectivity index (χ3v) is 2.19. The van der Waals surface area contributed by atoms with Crippen LogP contribution in [0.25, 0.3) is 0 Å². The van der Waals surface area contributed by atoms with E-state index in [1.165, 1.54) is 0 Å². The fourth-order valence-electron chi connectivity index (χ4n) is 1.09. The molecule has 1 atom stereocenters. The maximum atomic E-state index is 11.0. The maximum Gasteiger partial charge on any atom is 0.323 e. The number of carboxylic acid groups (broad SMARTS) is 1. The minimum atomic E-state index is -0.856. The van der Waals surface area contributed by atoms with Gasteiger partial charge < -0.3 is 15.2 Å². The molecule has 0 amide bonds. The fraction of sp³-hybridized carbons (Fsp3) is 0.900. The molecule has 0 aromatic rings. The normalized spacial score (nSPS) is 15.1. The minimum Gasteiger partial charge on any atom is -0.480 e. The van der Waals surface area contributed by atoms with Crippen LogP contribution < -0.4 is 5.32 Å². The minimum absolute atomic E-state index is 0.482. The summed E-state index contributed by atoms with van der Waals surface area (Å²) in [5, 5.41) is 12.1. The summed E-state index contributed by atoms with van der Waals surface area (Å²) < 4.78 is 5.16. The van der Waals surface area contributed by atoms with Gasteiger partial charge in [-0.25, -0.2) is 0 Å². The molecule has 84 valence electrons. The first-order valence-electron chi connectivity index (χ1n) is 5.13. The molecule has 0 fully saturated rings. The van der Waals surface area contributed by atoms with Gasteiger partial charge in [0.1, 0.15) is 5.54 Å². The van der Waals surface area contributed by atoms with Gasteiger partial charge >= 0.3 is 5.97 Å². The molecule has 0 radical (unpaired) electrons. The first kappa shape index (κ1) is 13.4. The molecule has 0 rings (SSSR count). The molecule has 0 aliphatic rings. The van der Waals surface area contributed by atoms with Gasteiger partial charge in [0.2, 0.25) is 0 Å². The molecule has 4 heteroatoms. The Labute approximate surface area is 85.6 Å². The van der Waals surface area contributed by atoms with Crippen LogP contribution in [0.1, 0.15) is 33.6 Å². The van der Waals surface area contributed by atoms with E-state index in [1.807, 2.05) is 13.8 Å². The molecule has 0 heterocycles. The van der Waals surface area contributed by atoms with Crippen LogP contribution in [0.15, 0.2) is 0 Å². The number of carbonyl (C=O) groups is 1. The summed E-state index contributed by atoms with van der Waals surface area (Å²) in [6.07, 6.45) is 1.42. The summed E-state index contributed by atoms with van der Waals surface area (Å²) in [4.78, 5) is 11.0. The lowest BCUT2D eigenvalue weighted by Crippen LogP contribution is -2.50. The molecular formula is C10H21NO3. The van der Waals surface area contributed by atoms with Gasteiger partial charge in [0, 0.05) is 13.2 Å². The number of rotatable bonds is 8. The predicted octanol–water partition coefficient (Wildman–Crippen LogP) is 1.26. The molecule has 4 nitrogen and oxygen atoms in total. The lowest BCUT2D eigenvalue weighted by atomic mass is 9.98. The average molecular weight is 203 g/mol. The number of hydrogen-bond acceptors (Lipinski definition) is 3. The zero-order chi connectivity index (χ0) is 11.0. The van der Waals surface area contributed by atoms with Crippen molar-refractivity contribution in [3.63, 3.8) is 0 Å². The second-order valence-electron chi connectivity index (χ2n) is 3.51. The quantitative estimate of drug-likeness (QED) is 0.583. The van der Waals surface area contributed by atoms with E-state index in [-0.39, 0.29) is 0 Å². The highest BCUT2D eigenvalue weighted by Gasteiger charge is 2.31. The largest absolute Gasteiger partial charge is 0.480 e. The highest BCUT2D eigenvalue weighted by molar-refractivity contribution is 5.78. The molecule has 0 aliphatic heterocycles. The molecule has 0 saturated heterocycles. The third-order valence-electron chi connectivity index (χ3n) is 2.19.